The molecule has 0 saturated carbocycles. The Labute approximate surface area is 134 Å². The zero-order chi connectivity index (χ0) is 16.3. The number of aromatic nitrogens is 3. The highest BCUT2D eigenvalue weighted by molar-refractivity contribution is 8.00. The average molecular weight is 320 g/mol. The van der Waals surface area contributed by atoms with Crippen LogP contribution in [-0.4, -0.2) is 52.0 Å². The van der Waals surface area contributed by atoms with Gasteiger partial charge in [-0.05, 0) is 19.1 Å². The number of amides is 1. The van der Waals surface area contributed by atoms with E-state index in [9.17, 15) is 4.79 Å². The molecule has 1 aromatic heterocycles. The van der Waals surface area contributed by atoms with Crippen molar-refractivity contribution in [3.8, 4) is 17.1 Å². The van der Waals surface area contributed by atoms with Crippen LogP contribution in [0.1, 0.15) is 6.92 Å². The predicted molar refractivity (Wildman–Crippen MR) is 87.0 cm³/mol. The van der Waals surface area contributed by atoms with E-state index >= 15 is 0 Å². The fourth-order valence-electron chi connectivity index (χ4n) is 2.05. The molecule has 0 aliphatic heterocycles. The summed E-state index contributed by atoms with van der Waals surface area (Å²) in [4.78, 5) is 13.5. The van der Waals surface area contributed by atoms with Crippen molar-refractivity contribution in [2.75, 3.05) is 21.2 Å². The first-order valence-electron chi connectivity index (χ1n) is 6.86. The van der Waals surface area contributed by atoms with Gasteiger partial charge in [-0.2, -0.15) is 0 Å². The third kappa shape index (κ3) is 3.24. The maximum absolute atomic E-state index is 12.0. The van der Waals surface area contributed by atoms with Gasteiger partial charge in [-0.15, -0.1) is 10.2 Å². The van der Waals surface area contributed by atoms with Gasteiger partial charge in [-0.25, -0.2) is 0 Å². The van der Waals surface area contributed by atoms with E-state index in [-0.39, 0.29) is 11.2 Å². The maximum Gasteiger partial charge on any atom is 0.235 e. The van der Waals surface area contributed by atoms with Crippen molar-refractivity contribution in [1.29, 1.82) is 0 Å². The molecule has 22 heavy (non-hydrogen) atoms. The number of carbonyl (C=O) groups excluding carboxylic acids is 1. The number of ether oxygens (including phenoxy) is 1. The minimum atomic E-state index is -0.219. The molecule has 1 heterocycles. The molecule has 118 valence electrons. The summed E-state index contributed by atoms with van der Waals surface area (Å²) < 4.78 is 7.24. The number of nitrogens with zero attached hydrogens (tertiary/aromatic N) is 4. The molecule has 6 nitrogen and oxygen atoms in total. The summed E-state index contributed by atoms with van der Waals surface area (Å²) in [5, 5.41) is 8.92. The van der Waals surface area contributed by atoms with E-state index in [1.165, 1.54) is 11.8 Å². The molecule has 0 unspecified atom stereocenters. The van der Waals surface area contributed by atoms with Gasteiger partial charge in [-0.1, -0.05) is 23.9 Å². The van der Waals surface area contributed by atoms with Gasteiger partial charge >= 0.3 is 0 Å². The lowest BCUT2D eigenvalue weighted by Crippen LogP contribution is -2.29. The Hall–Kier alpha value is -2.02. The van der Waals surface area contributed by atoms with Gasteiger partial charge in [0.05, 0.1) is 17.9 Å². The Kier molecular flexibility index (Phi) is 5.07. The van der Waals surface area contributed by atoms with Crippen molar-refractivity contribution in [1.82, 2.24) is 19.7 Å². The van der Waals surface area contributed by atoms with Gasteiger partial charge in [-0.3, -0.25) is 4.79 Å². The molecule has 2 aromatic rings. The molecule has 0 saturated heterocycles. The Morgan fingerprint density at radius 3 is 2.64 bits per heavy atom. The minimum absolute atomic E-state index is 0.0480. The van der Waals surface area contributed by atoms with Gasteiger partial charge in [0, 0.05) is 21.1 Å². The smallest absolute Gasteiger partial charge is 0.235 e. The molecule has 0 spiro atoms. The van der Waals surface area contributed by atoms with Crippen LogP contribution in [0.25, 0.3) is 11.4 Å². The molecule has 7 heteroatoms. The Bertz CT molecular complexity index is 669. The highest BCUT2D eigenvalue weighted by Gasteiger charge is 2.21. The summed E-state index contributed by atoms with van der Waals surface area (Å²) in [6.45, 7) is 1.87. The van der Waals surface area contributed by atoms with Gasteiger partial charge < -0.3 is 14.2 Å². The van der Waals surface area contributed by atoms with Crippen LogP contribution >= 0.6 is 11.8 Å². The zero-order valence-electron chi connectivity index (χ0n) is 13.4. The first-order valence-corrected chi connectivity index (χ1v) is 7.74. The van der Waals surface area contributed by atoms with Crippen molar-refractivity contribution in [2.24, 2.45) is 7.05 Å². The molecule has 2 rings (SSSR count). The minimum Gasteiger partial charge on any atom is -0.496 e. The monoisotopic (exact) mass is 320 g/mol. The van der Waals surface area contributed by atoms with Gasteiger partial charge in [0.2, 0.25) is 5.91 Å². The summed E-state index contributed by atoms with van der Waals surface area (Å²) in [6, 6.07) is 7.66. The Morgan fingerprint density at radius 1 is 1.32 bits per heavy atom. The van der Waals surface area contributed by atoms with Crippen molar-refractivity contribution in [3.63, 3.8) is 0 Å². The molecule has 0 radical (unpaired) electrons. The Morgan fingerprint density at radius 2 is 2.00 bits per heavy atom. The number of hydrogen-bond acceptors (Lipinski definition) is 5. The summed E-state index contributed by atoms with van der Waals surface area (Å²) in [6.07, 6.45) is 0. The van der Waals surface area contributed by atoms with Crippen LogP contribution in [0.15, 0.2) is 29.4 Å². The first-order chi connectivity index (χ1) is 10.5. The summed E-state index contributed by atoms with van der Waals surface area (Å²) in [5.74, 6) is 1.50. The normalized spacial score (nSPS) is 12.0. The van der Waals surface area contributed by atoms with Crippen LogP contribution in [0, 0.1) is 0 Å². The lowest BCUT2D eigenvalue weighted by molar-refractivity contribution is -0.127. The summed E-state index contributed by atoms with van der Waals surface area (Å²) >= 11 is 1.39. The van der Waals surface area contributed by atoms with E-state index in [0.29, 0.717) is 11.0 Å². The first kappa shape index (κ1) is 16.4. The third-order valence-electron chi connectivity index (χ3n) is 3.25. The SMILES string of the molecule is COc1ccccc1-c1nnc(S[C@H](C)C(=O)N(C)C)n1C. The largest absolute Gasteiger partial charge is 0.496 e. The molecule has 0 bridgehead atoms. The maximum atomic E-state index is 12.0. The van der Waals surface area contributed by atoms with Crippen LogP contribution in [0.4, 0.5) is 0 Å². The van der Waals surface area contributed by atoms with Crippen LogP contribution < -0.4 is 4.74 Å². The fourth-order valence-corrected chi connectivity index (χ4v) is 3.01. The summed E-state index contributed by atoms with van der Waals surface area (Å²) in [5.41, 5.74) is 0.874. The molecule has 0 aliphatic rings. The van der Waals surface area contributed by atoms with Gasteiger partial charge in [0.15, 0.2) is 11.0 Å². The number of thioether (sulfide) groups is 1. The fraction of sp³-hybridized carbons (Fsp3) is 0.400. The predicted octanol–water partition coefficient (Wildman–Crippen LogP) is 2.06. The van der Waals surface area contributed by atoms with Crippen molar-refractivity contribution in [3.05, 3.63) is 24.3 Å². The molecular formula is C15H20N4O2S. The molecule has 0 aliphatic carbocycles. The zero-order valence-corrected chi connectivity index (χ0v) is 14.2. The quantitative estimate of drug-likeness (QED) is 0.789. The lowest BCUT2D eigenvalue weighted by atomic mass is 10.2. The summed E-state index contributed by atoms with van der Waals surface area (Å²) in [7, 11) is 7.01. The molecule has 0 fully saturated rings. The van der Waals surface area contributed by atoms with E-state index in [1.807, 2.05) is 42.8 Å². The molecule has 1 amide bonds. The number of methoxy groups -OCH3 is 1. The molecular weight excluding hydrogens is 300 g/mol. The highest BCUT2D eigenvalue weighted by atomic mass is 32.2. The molecule has 0 N–H and O–H groups in total. The number of rotatable bonds is 5. The van der Waals surface area contributed by atoms with Crippen LogP contribution in [-0.2, 0) is 11.8 Å². The van der Waals surface area contributed by atoms with Crippen LogP contribution in [0.5, 0.6) is 5.75 Å². The lowest BCUT2D eigenvalue weighted by Gasteiger charge is -2.15. The van der Waals surface area contributed by atoms with Gasteiger partial charge in [0.25, 0.3) is 0 Å². The Balaban J connectivity index is 2.28. The number of carbonyl (C=O) groups is 1. The number of benzene rings is 1. The van der Waals surface area contributed by atoms with Crippen molar-refractivity contribution >= 4 is 17.7 Å². The van der Waals surface area contributed by atoms with Crippen molar-refractivity contribution in [2.45, 2.75) is 17.3 Å². The number of hydrogen-bond donors (Lipinski definition) is 0. The number of para-hydroxylation sites is 1. The van der Waals surface area contributed by atoms with Crippen LogP contribution in [0.2, 0.25) is 0 Å². The second-order valence-corrected chi connectivity index (χ2v) is 6.37. The van der Waals surface area contributed by atoms with E-state index < -0.39 is 0 Å². The average Bonchev–Trinajstić information content (AvgIpc) is 2.87. The van der Waals surface area contributed by atoms with E-state index in [1.54, 1.807) is 26.1 Å². The molecule has 1 aromatic carbocycles. The van der Waals surface area contributed by atoms with E-state index in [2.05, 4.69) is 10.2 Å². The molecule has 1 atom stereocenters. The second-order valence-electron chi connectivity index (χ2n) is 5.06. The van der Waals surface area contributed by atoms with Crippen LogP contribution in [0.3, 0.4) is 0 Å². The highest BCUT2D eigenvalue weighted by Crippen LogP contribution is 2.31. The third-order valence-corrected chi connectivity index (χ3v) is 4.38. The van der Waals surface area contributed by atoms with E-state index in [4.69, 9.17) is 4.74 Å². The van der Waals surface area contributed by atoms with E-state index in [0.717, 1.165) is 11.3 Å². The standard InChI is InChI=1S/C15H20N4O2S/c1-10(14(20)18(2)3)22-15-17-16-13(19(15)4)11-8-6-7-9-12(11)21-5/h6-10H,1-5H3/t10-/m1/s1. The topological polar surface area (TPSA) is 60.3 Å². The van der Waals surface area contributed by atoms with Gasteiger partial charge in [0.1, 0.15) is 5.75 Å². The van der Waals surface area contributed by atoms with Crippen molar-refractivity contribution < 1.29 is 9.53 Å². The second kappa shape index (κ2) is 6.83.